The molecule has 0 fully saturated rings. The van der Waals surface area contributed by atoms with E-state index in [-0.39, 0.29) is 18.1 Å². The first-order valence-electron chi connectivity index (χ1n) is 5.37. The molecule has 0 saturated heterocycles. The average Bonchev–Trinajstić information content (AvgIpc) is 2.67. The molecule has 0 amide bonds. The van der Waals surface area contributed by atoms with E-state index in [0.717, 1.165) is 4.57 Å². The first-order chi connectivity index (χ1) is 8.65. The Labute approximate surface area is 103 Å². The number of hydrogen-bond acceptors (Lipinski definition) is 3. The molecule has 1 aromatic heterocycles. The van der Waals surface area contributed by atoms with Gasteiger partial charge in [0, 0.05) is 12.1 Å². The Morgan fingerprint density at radius 1 is 1.39 bits per heavy atom. The number of allylic oxidation sites excluding steroid dienone is 1. The maximum absolute atomic E-state index is 12.1. The largest absolute Gasteiger partial charge is 0.493 e. The second kappa shape index (κ2) is 4.75. The van der Waals surface area contributed by atoms with Crippen LogP contribution in [0, 0.1) is 0 Å². The molecule has 2 N–H and O–H groups in total. The van der Waals surface area contributed by atoms with Crippen LogP contribution in [-0.2, 0) is 6.54 Å². The number of carbonyl (C=O) groups is 1. The summed E-state index contributed by atoms with van der Waals surface area (Å²) in [4.78, 5) is 26.0. The van der Waals surface area contributed by atoms with E-state index >= 15 is 0 Å². The summed E-state index contributed by atoms with van der Waals surface area (Å²) < 4.78 is 1.04. The Morgan fingerprint density at radius 2 is 2.06 bits per heavy atom. The van der Waals surface area contributed by atoms with Gasteiger partial charge in [0.05, 0.1) is 0 Å². The molecule has 0 aliphatic rings. The van der Waals surface area contributed by atoms with Gasteiger partial charge in [-0.15, -0.1) is 6.58 Å². The molecule has 0 aliphatic heterocycles. The van der Waals surface area contributed by atoms with Crippen molar-refractivity contribution in [1.82, 2.24) is 9.55 Å². The molecule has 0 atom stereocenters. The van der Waals surface area contributed by atoms with E-state index in [1.807, 2.05) is 0 Å². The minimum absolute atomic E-state index is 0.104. The summed E-state index contributed by atoms with van der Waals surface area (Å²) in [6.07, 6.45) is 1.46. The van der Waals surface area contributed by atoms with Crippen molar-refractivity contribution in [3.63, 3.8) is 0 Å². The van der Waals surface area contributed by atoms with E-state index in [4.69, 9.17) is 0 Å². The fourth-order valence-corrected chi connectivity index (χ4v) is 1.65. The summed E-state index contributed by atoms with van der Waals surface area (Å²) in [5.41, 5.74) is -0.237. The molecule has 1 aromatic carbocycles. The molecular formula is C13H12N2O3. The summed E-state index contributed by atoms with van der Waals surface area (Å²) in [5.74, 6) is -0.790. The van der Waals surface area contributed by atoms with E-state index < -0.39 is 11.5 Å². The van der Waals surface area contributed by atoms with Crippen LogP contribution in [0.25, 0.3) is 0 Å². The maximum atomic E-state index is 12.1. The van der Waals surface area contributed by atoms with E-state index in [9.17, 15) is 14.7 Å². The molecule has 0 bridgehead atoms. The van der Waals surface area contributed by atoms with Gasteiger partial charge in [-0.25, -0.2) is 4.79 Å². The second-order valence-electron chi connectivity index (χ2n) is 3.72. The van der Waals surface area contributed by atoms with Crippen molar-refractivity contribution in [2.24, 2.45) is 0 Å². The quantitative estimate of drug-likeness (QED) is 0.628. The van der Waals surface area contributed by atoms with Gasteiger partial charge < -0.3 is 5.11 Å². The Kier molecular flexibility index (Phi) is 3.14. The molecule has 18 heavy (non-hydrogen) atoms. The van der Waals surface area contributed by atoms with Gasteiger partial charge in [-0.1, -0.05) is 36.4 Å². The molecule has 0 unspecified atom stereocenters. The number of hydrogen-bond donors (Lipinski definition) is 2. The lowest BCUT2D eigenvalue weighted by Crippen LogP contribution is -2.15. The zero-order chi connectivity index (χ0) is 13.1. The first kappa shape index (κ1) is 11.9. The molecule has 2 rings (SSSR count). The number of aromatic amines is 1. The Bertz CT molecular complexity index is 638. The molecule has 2 aromatic rings. The SMILES string of the molecule is C=CCn1c(O)c(C(=O)c2ccccc2)[nH]c1=O. The topological polar surface area (TPSA) is 75.1 Å². The van der Waals surface area contributed by atoms with Crippen molar-refractivity contribution < 1.29 is 9.90 Å². The predicted molar refractivity (Wildman–Crippen MR) is 66.8 cm³/mol. The standard InChI is InChI=1S/C13H12N2O3/c1-2-8-15-12(17)10(14-13(15)18)11(16)9-6-4-3-5-7-9/h2-7,17H,1,8H2,(H,14,18). The zero-order valence-corrected chi connectivity index (χ0v) is 9.59. The minimum atomic E-state index is -0.535. The molecule has 5 nitrogen and oxygen atoms in total. The van der Waals surface area contributed by atoms with Crippen LogP contribution in [0.1, 0.15) is 16.1 Å². The van der Waals surface area contributed by atoms with Crippen LogP contribution >= 0.6 is 0 Å². The smallest absolute Gasteiger partial charge is 0.329 e. The third-order valence-corrected chi connectivity index (χ3v) is 2.53. The molecule has 0 saturated carbocycles. The third kappa shape index (κ3) is 1.98. The number of ketones is 1. The number of nitrogens with zero attached hydrogens (tertiary/aromatic N) is 1. The minimum Gasteiger partial charge on any atom is -0.493 e. The van der Waals surface area contributed by atoms with Crippen molar-refractivity contribution >= 4 is 5.78 Å². The molecule has 0 aliphatic carbocycles. The van der Waals surface area contributed by atoms with Gasteiger partial charge >= 0.3 is 5.69 Å². The molecule has 1 heterocycles. The molecule has 0 spiro atoms. The number of rotatable bonds is 4. The Balaban J connectivity index is 2.47. The van der Waals surface area contributed by atoms with Crippen molar-refractivity contribution in [1.29, 1.82) is 0 Å². The maximum Gasteiger partial charge on any atom is 0.329 e. The number of benzene rings is 1. The molecular weight excluding hydrogens is 232 g/mol. The lowest BCUT2D eigenvalue weighted by Gasteiger charge is -2.00. The highest BCUT2D eigenvalue weighted by Gasteiger charge is 2.19. The third-order valence-electron chi connectivity index (χ3n) is 2.53. The van der Waals surface area contributed by atoms with Gasteiger partial charge in [0.25, 0.3) is 0 Å². The van der Waals surface area contributed by atoms with Gasteiger partial charge in [-0.2, -0.15) is 0 Å². The number of aromatic nitrogens is 2. The normalized spacial score (nSPS) is 10.2. The van der Waals surface area contributed by atoms with Gasteiger partial charge in [-0.05, 0) is 0 Å². The lowest BCUT2D eigenvalue weighted by molar-refractivity contribution is 0.103. The van der Waals surface area contributed by atoms with Crippen molar-refractivity contribution in [2.75, 3.05) is 0 Å². The highest BCUT2D eigenvalue weighted by Crippen LogP contribution is 2.16. The van der Waals surface area contributed by atoms with Crippen LogP contribution in [0.5, 0.6) is 5.88 Å². The zero-order valence-electron chi connectivity index (χ0n) is 9.59. The number of imidazole rings is 1. The second-order valence-corrected chi connectivity index (χ2v) is 3.72. The molecule has 92 valence electrons. The fourth-order valence-electron chi connectivity index (χ4n) is 1.65. The van der Waals surface area contributed by atoms with Crippen LogP contribution in [0.15, 0.2) is 47.8 Å². The lowest BCUT2D eigenvalue weighted by atomic mass is 10.1. The summed E-state index contributed by atoms with van der Waals surface area (Å²) in [6, 6.07) is 8.43. The van der Waals surface area contributed by atoms with Crippen LogP contribution in [0.4, 0.5) is 0 Å². The van der Waals surface area contributed by atoms with Crippen LogP contribution in [0.3, 0.4) is 0 Å². The van der Waals surface area contributed by atoms with E-state index in [2.05, 4.69) is 11.6 Å². The van der Waals surface area contributed by atoms with Gasteiger partial charge in [0.1, 0.15) is 0 Å². The monoisotopic (exact) mass is 244 g/mol. The van der Waals surface area contributed by atoms with Crippen molar-refractivity contribution in [3.8, 4) is 5.88 Å². The van der Waals surface area contributed by atoms with Gasteiger partial charge in [-0.3, -0.25) is 14.3 Å². The highest BCUT2D eigenvalue weighted by atomic mass is 16.3. The summed E-state index contributed by atoms with van der Waals surface area (Å²) in [5, 5.41) is 9.84. The number of H-pyrrole nitrogens is 1. The number of carbonyl (C=O) groups excluding carboxylic acids is 1. The Morgan fingerprint density at radius 3 is 2.67 bits per heavy atom. The van der Waals surface area contributed by atoms with Crippen LogP contribution < -0.4 is 5.69 Å². The predicted octanol–water partition coefficient (Wildman–Crippen LogP) is 1.30. The summed E-state index contributed by atoms with van der Waals surface area (Å²) >= 11 is 0. The van der Waals surface area contributed by atoms with E-state index in [1.54, 1.807) is 30.3 Å². The Hall–Kier alpha value is -2.56. The van der Waals surface area contributed by atoms with Crippen molar-refractivity contribution in [2.45, 2.75) is 6.54 Å². The van der Waals surface area contributed by atoms with Crippen molar-refractivity contribution in [3.05, 3.63) is 64.7 Å². The van der Waals surface area contributed by atoms with Crippen LogP contribution in [0.2, 0.25) is 0 Å². The first-order valence-corrected chi connectivity index (χ1v) is 5.37. The van der Waals surface area contributed by atoms with E-state index in [1.165, 1.54) is 6.08 Å². The van der Waals surface area contributed by atoms with Gasteiger partial charge in [0.2, 0.25) is 11.7 Å². The highest BCUT2D eigenvalue weighted by molar-refractivity contribution is 6.09. The summed E-state index contributed by atoms with van der Waals surface area (Å²) in [7, 11) is 0. The number of aromatic hydroxyl groups is 1. The molecule has 0 radical (unpaired) electrons. The number of nitrogens with one attached hydrogen (secondary N) is 1. The molecule has 5 heteroatoms. The van der Waals surface area contributed by atoms with E-state index in [0.29, 0.717) is 5.56 Å². The summed E-state index contributed by atoms with van der Waals surface area (Å²) in [6.45, 7) is 3.62. The van der Waals surface area contributed by atoms with Gasteiger partial charge in [0.15, 0.2) is 5.69 Å². The average molecular weight is 244 g/mol. The van der Waals surface area contributed by atoms with Crippen LogP contribution in [-0.4, -0.2) is 20.4 Å². The fraction of sp³-hybridized carbons (Fsp3) is 0.0769.